The molecule has 1 rings (SSSR count). The molecule has 0 aliphatic rings. The third-order valence-electron chi connectivity index (χ3n) is 3.00. The molecule has 0 heterocycles. The lowest BCUT2D eigenvalue weighted by molar-refractivity contribution is 0.251. The van der Waals surface area contributed by atoms with Gasteiger partial charge >= 0.3 is 6.03 Å². The van der Waals surface area contributed by atoms with Crippen molar-refractivity contribution in [1.82, 2.24) is 5.32 Å². The van der Waals surface area contributed by atoms with Gasteiger partial charge in [-0.05, 0) is 30.9 Å². The van der Waals surface area contributed by atoms with Gasteiger partial charge in [-0.15, -0.1) is 0 Å². The van der Waals surface area contributed by atoms with Crippen LogP contribution in [0.15, 0.2) is 18.2 Å². The van der Waals surface area contributed by atoms with Crippen molar-refractivity contribution < 1.29 is 17.9 Å². The average Bonchev–Trinajstić information content (AvgIpc) is 2.43. The van der Waals surface area contributed by atoms with Crippen molar-refractivity contribution in [2.75, 3.05) is 29.9 Å². The molecule has 7 nitrogen and oxygen atoms in total. The van der Waals surface area contributed by atoms with Crippen LogP contribution in [0.3, 0.4) is 0 Å². The van der Waals surface area contributed by atoms with Crippen LogP contribution in [0.4, 0.5) is 16.2 Å². The Kier molecular flexibility index (Phi) is 7.15. The van der Waals surface area contributed by atoms with Crippen molar-refractivity contribution in [3.63, 3.8) is 0 Å². The van der Waals surface area contributed by atoms with Crippen LogP contribution in [-0.4, -0.2) is 34.4 Å². The number of anilines is 2. The molecule has 1 aromatic carbocycles. The molecule has 0 aromatic heterocycles. The van der Waals surface area contributed by atoms with E-state index in [0.29, 0.717) is 29.6 Å². The van der Waals surface area contributed by atoms with Crippen LogP contribution in [0.2, 0.25) is 0 Å². The summed E-state index contributed by atoms with van der Waals surface area (Å²) in [5.41, 5.74) is 0.833. The van der Waals surface area contributed by atoms with Gasteiger partial charge in [0.25, 0.3) is 0 Å². The Morgan fingerprint density at radius 1 is 1.30 bits per heavy atom. The highest BCUT2D eigenvalue weighted by Gasteiger charge is 2.10. The Balaban J connectivity index is 2.62. The summed E-state index contributed by atoms with van der Waals surface area (Å²) in [5.74, 6) is 0.937. The second-order valence-electron chi connectivity index (χ2n) is 5.71. The highest BCUT2D eigenvalue weighted by atomic mass is 32.2. The molecule has 0 spiro atoms. The third-order valence-corrected chi connectivity index (χ3v) is 3.59. The SMILES string of the molecule is COc1cc(NC(=O)NCCCC(C)C)ccc1NS(C)(=O)=O. The number of hydrogen-bond acceptors (Lipinski definition) is 4. The van der Waals surface area contributed by atoms with Crippen LogP contribution in [0, 0.1) is 5.92 Å². The number of nitrogens with one attached hydrogen (secondary N) is 3. The van der Waals surface area contributed by atoms with Crippen molar-refractivity contribution in [3.8, 4) is 5.75 Å². The molecular weight excluding hydrogens is 318 g/mol. The summed E-state index contributed by atoms with van der Waals surface area (Å²) < 4.78 is 30.1. The molecule has 0 aliphatic heterocycles. The van der Waals surface area contributed by atoms with Crippen molar-refractivity contribution >= 4 is 27.4 Å². The monoisotopic (exact) mass is 343 g/mol. The number of sulfonamides is 1. The predicted octanol–water partition coefficient (Wildman–Crippen LogP) is 2.62. The Hall–Kier alpha value is -1.96. The van der Waals surface area contributed by atoms with Gasteiger partial charge in [-0.2, -0.15) is 0 Å². The first kappa shape index (κ1) is 19.1. The highest BCUT2D eigenvalue weighted by molar-refractivity contribution is 7.92. The molecule has 0 radical (unpaired) electrons. The number of ether oxygens (including phenoxy) is 1. The van der Waals surface area contributed by atoms with E-state index in [1.807, 2.05) is 0 Å². The summed E-state index contributed by atoms with van der Waals surface area (Å²) in [5, 5.41) is 5.46. The van der Waals surface area contributed by atoms with E-state index in [1.54, 1.807) is 12.1 Å². The second-order valence-corrected chi connectivity index (χ2v) is 7.45. The fraction of sp³-hybridized carbons (Fsp3) is 0.533. The van der Waals surface area contributed by atoms with Crippen molar-refractivity contribution in [3.05, 3.63) is 18.2 Å². The lowest BCUT2D eigenvalue weighted by Crippen LogP contribution is -2.29. The van der Waals surface area contributed by atoms with E-state index in [0.717, 1.165) is 19.1 Å². The maximum Gasteiger partial charge on any atom is 0.319 e. The van der Waals surface area contributed by atoms with E-state index < -0.39 is 10.0 Å². The molecule has 0 unspecified atom stereocenters. The van der Waals surface area contributed by atoms with Crippen LogP contribution >= 0.6 is 0 Å². The maximum atomic E-state index is 11.8. The Morgan fingerprint density at radius 2 is 2.00 bits per heavy atom. The molecule has 2 amide bonds. The predicted molar refractivity (Wildman–Crippen MR) is 92.6 cm³/mol. The molecule has 0 aliphatic carbocycles. The first-order valence-electron chi connectivity index (χ1n) is 7.42. The van der Waals surface area contributed by atoms with E-state index in [4.69, 9.17) is 4.74 Å². The highest BCUT2D eigenvalue weighted by Crippen LogP contribution is 2.28. The first-order chi connectivity index (χ1) is 10.7. The van der Waals surface area contributed by atoms with Gasteiger partial charge < -0.3 is 15.4 Å². The fourth-order valence-corrected chi connectivity index (χ4v) is 2.51. The van der Waals surface area contributed by atoms with Gasteiger partial charge in [-0.25, -0.2) is 13.2 Å². The molecule has 0 saturated heterocycles. The summed E-state index contributed by atoms with van der Waals surface area (Å²) in [4.78, 5) is 11.8. The average molecular weight is 343 g/mol. The summed E-state index contributed by atoms with van der Waals surface area (Å²) in [6.07, 6.45) is 3.04. The Bertz CT molecular complexity index is 630. The third kappa shape index (κ3) is 7.73. The molecule has 23 heavy (non-hydrogen) atoms. The lowest BCUT2D eigenvalue weighted by atomic mass is 10.1. The number of rotatable bonds is 8. The van der Waals surface area contributed by atoms with Crippen molar-refractivity contribution in [1.29, 1.82) is 0 Å². The van der Waals surface area contributed by atoms with Gasteiger partial charge in [0.2, 0.25) is 10.0 Å². The number of urea groups is 1. The second kappa shape index (κ2) is 8.61. The van der Waals surface area contributed by atoms with E-state index >= 15 is 0 Å². The standard InChI is InChI=1S/C15H25N3O4S/c1-11(2)6-5-9-16-15(19)17-12-7-8-13(14(10-12)22-3)18-23(4,20)21/h7-8,10-11,18H,5-6,9H2,1-4H3,(H2,16,17,19). The maximum absolute atomic E-state index is 11.8. The minimum Gasteiger partial charge on any atom is -0.494 e. The molecule has 0 bridgehead atoms. The normalized spacial score (nSPS) is 11.2. The zero-order valence-corrected chi connectivity index (χ0v) is 14.8. The number of carbonyl (C=O) groups is 1. The quantitative estimate of drug-likeness (QED) is 0.632. The van der Waals surface area contributed by atoms with E-state index in [-0.39, 0.29) is 6.03 Å². The van der Waals surface area contributed by atoms with Crippen molar-refractivity contribution in [2.24, 2.45) is 5.92 Å². The molecule has 3 N–H and O–H groups in total. The minimum absolute atomic E-state index is 0.306. The van der Waals surface area contributed by atoms with Gasteiger partial charge in [0.1, 0.15) is 5.75 Å². The van der Waals surface area contributed by atoms with Crippen LogP contribution in [-0.2, 0) is 10.0 Å². The summed E-state index contributed by atoms with van der Waals surface area (Å²) in [7, 11) is -1.97. The smallest absolute Gasteiger partial charge is 0.319 e. The van der Waals surface area contributed by atoms with Crippen LogP contribution < -0.4 is 20.1 Å². The van der Waals surface area contributed by atoms with E-state index in [2.05, 4.69) is 29.2 Å². The van der Waals surface area contributed by atoms with Gasteiger partial charge in [0, 0.05) is 18.3 Å². The van der Waals surface area contributed by atoms with E-state index in [1.165, 1.54) is 13.2 Å². The van der Waals surface area contributed by atoms with Crippen LogP contribution in [0.25, 0.3) is 0 Å². The number of hydrogen-bond donors (Lipinski definition) is 3. The topological polar surface area (TPSA) is 96.5 Å². The summed E-state index contributed by atoms with van der Waals surface area (Å²) in [6.45, 7) is 4.88. The molecule has 0 atom stereocenters. The van der Waals surface area contributed by atoms with Gasteiger partial charge in [0.15, 0.2) is 0 Å². The van der Waals surface area contributed by atoms with Crippen LogP contribution in [0.5, 0.6) is 5.75 Å². The molecule has 0 saturated carbocycles. The summed E-state index contributed by atoms with van der Waals surface area (Å²) >= 11 is 0. The molecule has 130 valence electrons. The lowest BCUT2D eigenvalue weighted by Gasteiger charge is -2.13. The zero-order valence-electron chi connectivity index (χ0n) is 14.0. The number of methoxy groups -OCH3 is 1. The van der Waals surface area contributed by atoms with E-state index in [9.17, 15) is 13.2 Å². The Morgan fingerprint density at radius 3 is 2.57 bits per heavy atom. The minimum atomic E-state index is -3.40. The van der Waals surface area contributed by atoms with Gasteiger partial charge in [-0.3, -0.25) is 4.72 Å². The largest absolute Gasteiger partial charge is 0.494 e. The Labute approximate surface area is 137 Å². The fourth-order valence-electron chi connectivity index (χ4n) is 1.94. The molecule has 0 fully saturated rings. The zero-order chi connectivity index (χ0) is 17.5. The molecule has 8 heteroatoms. The number of carbonyl (C=O) groups excluding carboxylic acids is 1. The van der Waals surface area contributed by atoms with Gasteiger partial charge in [0.05, 0.1) is 19.1 Å². The number of benzene rings is 1. The van der Waals surface area contributed by atoms with Gasteiger partial charge in [-0.1, -0.05) is 13.8 Å². The molecular formula is C15H25N3O4S. The number of amides is 2. The van der Waals surface area contributed by atoms with Crippen molar-refractivity contribution in [2.45, 2.75) is 26.7 Å². The summed E-state index contributed by atoms with van der Waals surface area (Å²) in [6, 6.07) is 4.39. The first-order valence-corrected chi connectivity index (χ1v) is 9.31. The molecule has 1 aromatic rings. The van der Waals surface area contributed by atoms with Crippen LogP contribution in [0.1, 0.15) is 26.7 Å².